The molecule has 2 fully saturated rings. The Bertz CT molecular complexity index is 1370. The van der Waals surface area contributed by atoms with E-state index in [4.69, 9.17) is 9.47 Å². The number of piperazine rings is 2. The molecule has 3 aliphatic heterocycles. The van der Waals surface area contributed by atoms with E-state index in [0.717, 1.165) is 49.8 Å². The summed E-state index contributed by atoms with van der Waals surface area (Å²) in [5, 5.41) is 12.3. The summed E-state index contributed by atoms with van der Waals surface area (Å²) in [5.41, 5.74) is 4.93. The Kier molecular flexibility index (Phi) is 6.82. The molecule has 1 aromatic heterocycles. The third-order valence-corrected chi connectivity index (χ3v) is 7.98. The van der Waals surface area contributed by atoms with E-state index in [2.05, 4.69) is 57.9 Å². The molecule has 0 radical (unpaired) electrons. The van der Waals surface area contributed by atoms with Crippen molar-refractivity contribution >= 4 is 23.0 Å². The first-order chi connectivity index (χ1) is 19.0. The summed E-state index contributed by atoms with van der Waals surface area (Å²) in [6.07, 6.45) is 1.47. The third-order valence-electron chi connectivity index (χ3n) is 7.98. The summed E-state index contributed by atoms with van der Waals surface area (Å²) >= 11 is 0. The molecule has 0 amide bonds. The number of fused-ring (bicyclic) bond motifs is 1. The Hall–Kier alpha value is -4.12. The van der Waals surface area contributed by atoms with Crippen molar-refractivity contribution in [3.05, 3.63) is 69.5 Å². The van der Waals surface area contributed by atoms with Crippen molar-refractivity contribution < 1.29 is 14.4 Å². The molecule has 11 heteroatoms. The van der Waals surface area contributed by atoms with Gasteiger partial charge in [-0.05, 0) is 48.7 Å². The molecule has 39 heavy (non-hydrogen) atoms. The molecule has 3 aliphatic rings. The van der Waals surface area contributed by atoms with E-state index >= 15 is 0 Å². The van der Waals surface area contributed by atoms with Crippen LogP contribution >= 0.6 is 0 Å². The van der Waals surface area contributed by atoms with Crippen LogP contribution in [0.1, 0.15) is 16.7 Å². The van der Waals surface area contributed by atoms with Crippen LogP contribution in [0.5, 0.6) is 11.5 Å². The summed E-state index contributed by atoms with van der Waals surface area (Å²) < 4.78 is 10.9. The minimum atomic E-state index is -0.319. The van der Waals surface area contributed by atoms with E-state index in [0.29, 0.717) is 37.8 Å². The minimum absolute atomic E-state index is 0.00177. The van der Waals surface area contributed by atoms with Crippen LogP contribution in [0.2, 0.25) is 0 Å². The van der Waals surface area contributed by atoms with Gasteiger partial charge in [0.15, 0.2) is 11.5 Å². The summed E-state index contributed by atoms with van der Waals surface area (Å²) in [5.74, 6) is 2.38. The van der Waals surface area contributed by atoms with Crippen LogP contribution in [-0.4, -0.2) is 78.9 Å². The molecule has 0 bridgehead atoms. The number of benzene rings is 2. The monoisotopic (exact) mass is 531 g/mol. The van der Waals surface area contributed by atoms with Crippen LogP contribution in [0.4, 0.5) is 23.0 Å². The van der Waals surface area contributed by atoms with Gasteiger partial charge in [-0.25, -0.2) is 9.97 Å². The fourth-order valence-corrected chi connectivity index (χ4v) is 5.64. The first-order valence-electron chi connectivity index (χ1n) is 13.4. The predicted molar refractivity (Wildman–Crippen MR) is 149 cm³/mol. The van der Waals surface area contributed by atoms with Crippen molar-refractivity contribution in [2.45, 2.75) is 20.4 Å². The second-order valence-corrected chi connectivity index (χ2v) is 10.3. The lowest BCUT2D eigenvalue weighted by molar-refractivity contribution is -0.383. The molecule has 0 spiro atoms. The Morgan fingerprint density at radius 3 is 2.18 bits per heavy atom. The maximum atomic E-state index is 12.3. The van der Waals surface area contributed by atoms with Gasteiger partial charge in [0.05, 0.1) is 4.92 Å². The highest BCUT2D eigenvalue weighted by atomic mass is 16.7. The number of hydrogen-bond donors (Lipinski definition) is 0. The van der Waals surface area contributed by atoms with E-state index in [1.807, 2.05) is 21.9 Å². The Morgan fingerprint density at radius 1 is 0.846 bits per heavy atom. The van der Waals surface area contributed by atoms with Gasteiger partial charge < -0.3 is 24.2 Å². The molecule has 0 unspecified atom stereocenters. The summed E-state index contributed by atoms with van der Waals surface area (Å²) in [6, 6.07) is 12.4. The molecule has 6 rings (SSSR count). The highest BCUT2D eigenvalue weighted by Gasteiger charge is 2.33. The second-order valence-electron chi connectivity index (χ2n) is 10.3. The molecular weight excluding hydrogens is 498 g/mol. The first-order valence-corrected chi connectivity index (χ1v) is 13.4. The van der Waals surface area contributed by atoms with Crippen LogP contribution in [0, 0.1) is 24.0 Å². The topological polar surface area (TPSA) is 100 Å². The zero-order chi connectivity index (χ0) is 26.9. The van der Waals surface area contributed by atoms with Crippen LogP contribution in [0.15, 0.2) is 42.7 Å². The fourth-order valence-electron chi connectivity index (χ4n) is 5.64. The molecule has 0 N–H and O–H groups in total. The number of anilines is 3. The second kappa shape index (κ2) is 10.6. The molecule has 4 heterocycles. The van der Waals surface area contributed by atoms with Gasteiger partial charge in [0.25, 0.3) is 0 Å². The molecule has 2 aromatic carbocycles. The van der Waals surface area contributed by atoms with Crippen molar-refractivity contribution in [2.75, 3.05) is 73.9 Å². The number of aryl methyl sites for hydroxylation is 1. The Morgan fingerprint density at radius 2 is 1.49 bits per heavy atom. The highest BCUT2D eigenvalue weighted by Crippen LogP contribution is 2.36. The lowest BCUT2D eigenvalue weighted by Gasteiger charge is -2.38. The zero-order valence-electron chi connectivity index (χ0n) is 22.4. The fraction of sp³-hybridized carbons (Fsp3) is 0.429. The normalized spacial score (nSPS) is 17.5. The maximum Gasteiger partial charge on any atom is 0.353 e. The zero-order valence-corrected chi connectivity index (χ0v) is 22.4. The van der Waals surface area contributed by atoms with E-state index in [1.165, 1.54) is 23.1 Å². The Labute approximate surface area is 227 Å². The number of ether oxygens (including phenoxy) is 2. The number of aromatic nitrogens is 2. The number of nitro groups is 1. The van der Waals surface area contributed by atoms with Gasteiger partial charge in [0.2, 0.25) is 18.4 Å². The van der Waals surface area contributed by atoms with Gasteiger partial charge in [-0.15, -0.1) is 0 Å². The quantitative estimate of drug-likeness (QED) is 0.348. The number of nitrogens with zero attached hydrogens (tertiary/aromatic N) is 7. The smallest absolute Gasteiger partial charge is 0.353 e. The molecule has 0 aliphatic carbocycles. The van der Waals surface area contributed by atoms with E-state index in [-0.39, 0.29) is 17.4 Å². The lowest BCUT2D eigenvalue weighted by Crippen LogP contribution is -2.48. The van der Waals surface area contributed by atoms with Gasteiger partial charge in [0, 0.05) is 64.6 Å². The van der Waals surface area contributed by atoms with Crippen LogP contribution in [-0.2, 0) is 6.54 Å². The predicted octanol–water partition coefficient (Wildman–Crippen LogP) is 3.38. The third kappa shape index (κ3) is 5.01. The van der Waals surface area contributed by atoms with Crippen LogP contribution in [0.3, 0.4) is 0 Å². The minimum Gasteiger partial charge on any atom is -0.454 e. The van der Waals surface area contributed by atoms with Gasteiger partial charge in [0.1, 0.15) is 6.33 Å². The Balaban J connectivity index is 1.13. The molecule has 0 atom stereocenters. The number of rotatable bonds is 6. The highest BCUT2D eigenvalue weighted by molar-refractivity contribution is 5.72. The molecule has 2 saturated heterocycles. The van der Waals surface area contributed by atoms with Crippen molar-refractivity contribution in [1.29, 1.82) is 0 Å². The van der Waals surface area contributed by atoms with Crippen LogP contribution in [0.25, 0.3) is 0 Å². The molecular formula is C28H33N7O4. The van der Waals surface area contributed by atoms with E-state index in [1.54, 1.807) is 0 Å². The summed E-state index contributed by atoms with van der Waals surface area (Å²) in [7, 11) is 0. The van der Waals surface area contributed by atoms with E-state index < -0.39 is 0 Å². The van der Waals surface area contributed by atoms with Crippen molar-refractivity contribution in [3.8, 4) is 11.5 Å². The van der Waals surface area contributed by atoms with Crippen LogP contribution < -0.4 is 24.2 Å². The molecule has 11 nitrogen and oxygen atoms in total. The summed E-state index contributed by atoms with van der Waals surface area (Å²) in [6.45, 7) is 11.1. The largest absolute Gasteiger partial charge is 0.454 e. The van der Waals surface area contributed by atoms with E-state index in [9.17, 15) is 10.1 Å². The molecule has 204 valence electrons. The average Bonchev–Trinajstić information content (AvgIpc) is 3.43. The molecule has 0 saturated carbocycles. The lowest BCUT2D eigenvalue weighted by atomic mass is 10.1. The first kappa shape index (κ1) is 25.2. The average molecular weight is 532 g/mol. The van der Waals surface area contributed by atoms with Crippen molar-refractivity contribution in [1.82, 2.24) is 14.9 Å². The van der Waals surface area contributed by atoms with Gasteiger partial charge in [-0.2, -0.15) is 0 Å². The van der Waals surface area contributed by atoms with Gasteiger partial charge in [-0.3, -0.25) is 15.0 Å². The molecule has 3 aromatic rings. The van der Waals surface area contributed by atoms with Gasteiger partial charge in [-0.1, -0.05) is 18.2 Å². The van der Waals surface area contributed by atoms with Crippen molar-refractivity contribution in [3.63, 3.8) is 0 Å². The van der Waals surface area contributed by atoms with Gasteiger partial charge >= 0.3 is 5.69 Å². The van der Waals surface area contributed by atoms with Crippen molar-refractivity contribution in [2.24, 2.45) is 0 Å². The standard InChI is InChI=1S/C28H33N7O4/c1-20-4-3-5-23(21(20)2)32-12-14-34(15-13-32)28-26(35(36)37)27(29-18-30-28)33-10-8-31(9-11-33)17-22-6-7-24-25(16-22)39-19-38-24/h3-7,16,18H,8-15,17,19H2,1-2H3. The SMILES string of the molecule is Cc1cccc(N2CCN(c3ncnc(N4CCN(Cc5ccc6c(c5)OCO6)CC4)c3[N+](=O)[O-])CC2)c1C. The maximum absolute atomic E-state index is 12.3. The summed E-state index contributed by atoms with van der Waals surface area (Å²) in [4.78, 5) is 29.5. The number of hydrogen-bond acceptors (Lipinski definition) is 10.